The van der Waals surface area contributed by atoms with Crippen molar-refractivity contribution in [3.8, 4) is 0 Å². The summed E-state index contributed by atoms with van der Waals surface area (Å²) in [5.74, 6) is 0.342. The molecule has 1 aliphatic heterocycles. The second-order valence-electron chi connectivity index (χ2n) is 7.92. The monoisotopic (exact) mass is 349 g/mol. The Labute approximate surface area is 157 Å². The molecule has 0 aromatic heterocycles. The number of allylic oxidation sites excluding steroid dienone is 2. The highest BCUT2D eigenvalue weighted by atomic mass is 16.2. The van der Waals surface area contributed by atoms with Crippen molar-refractivity contribution in [2.24, 2.45) is 0 Å². The van der Waals surface area contributed by atoms with Gasteiger partial charge in [0.05, 0.1) is 0 Å². The van der Waals surface area contributed by atoms with Gasteiger partial charge in [0.1, 0.15) is 0 Å². The Morgan fingerprint density at radius 3 is 1.88 bits per heavy atom. The SMILES string of the molecule is CCCCCCCCC=CCCCCCCCCC1CCC(=O)N1C. The van der Waals surface area contributed by atoms with E-state index >= 15 is 0 Å². The Morgan fingerprint density at radius 2 is 1.36 bits per heavy atom. The summed E-state index contributed by atoms with van der Waals surface area (Å²) < 4.78 is 0. The summed E-state index contributed by atoms with van der Waals surface area (Å²) in [7, 11) is 1.97. The molecular formula is C23H43NO. The molecule has 2 heteroatoms. The Hall–Kier alpha value is -0.790. The Balaban J connectivity index is 1.77. The molecule has 0 saturated carbocycles. The van der Waals surface area contributed by atoms with Crippen LogP contribution in [0.2, 0.25) is 0 Å². The molecular weight excluding hydrogens is 306 g/mol. The number of likely N-dealkylation sites (tertiary alicyclic amines) is 1. The standard InChI is InChI=1S/C23H43NO/c1-3-4-5-6-7-8-9-10-11-12-13-14-15-16-17-18-19-22-20-21-23(25)24(22)2/h10-11,22H,3-9,12-21H2,1-2H3. The van der Waals surface area contributed by atoms with E-state index in [0.717, 1.165) is 12.8 Å². The van der Waals surface area contributed by atoms with Gasteiger partial charge in [-0.2, -0.15) is 0 Å². The van der Waals surface area contributed by atoms with Crippen molar-refractivity contribution < 1.29 is 4.79 Å². The summed E-state index contributed by atoms with van der Waals surface area (Å²) in [5.41, 5.74) is 0. The highest BCUT2D eigenvalue weighted by Gasteiger charge is 2.26. The van der Waals surface area contributed by atoms with E-state index in [1.54, 1.807) is 0 Å². The molecule has 1 rings (SSSR count). The number of carbonyl (C=O) groups excluding carboxylic acids is 1. The van der Waals surface area contributed by atoms with E-state index in [2.05, 4.69) is 19.1 Å². The first kappa shape index (κ1) is 22.3. The molecule has 2 nitrogen and oxygen atoms in total. The number of rotatable bonds is 16. The van der Waals surface area contributed by atoms with Crippen LogP contribution in [0.5, 0.6) is 0 Å². The predicted molar refractivity (Wildman–Crippen MR) is 110 cm³/mol. The quantitative estimate of drug-likeness (QED) is 0.216. The molecule has 0 aromatic rings. The number of carbonyl (C=O) groups is 1. The van der Waals surface area contributed by atoms with Gasteiger partial charge in [-0.15, -0.1) is 0 Å². The molecule has 1 atom stereocenters. The topological polar surface area (TPSA) is 20.3 Å². The number of amides is 1. The first-order valence-electron chi connectivity index (χ1n) is 11.2. The van der Waals surface area contributed by atoms with Gasteiger partial charge in [0.2, 0.25) is 5.91 Å². The number of hydrogen-bond donors (Lipinski definition) is 0. The first-order valence-corrected chi connectivity index (χ1v) is 11.2. The van der Waals surface area contributed by atoms with E-state index in [1.807, 2.05) is 11.9 Å². The predicted octanol–water partition coefficient (Wildman–Crippen LogP) is 7.03. The van der Waals surface area contributed by atoms with Crippen molar-refractivity contribution in [3.63, 3.8) is 0 Å². The van der Waals surface area contributed by atoms with E-state index in [0.29, 0.717) is 11.9 Å². The molecule has 25 heavy (non-hydrogen) atoms. The largest absolute Gasteiger partial charge is 0.343 e. The molecule has 146 valence electrons. The lowest BCUT2D eigenvalue weighted by molar-refractivity contribution is -0.127. The molecule has 0 aromatic carbocycles. The summed E-state index contributed by atoms with van der Waals surface area (Å²) in [5, 5.41) is 0. The van der Waals surface area contributed by atoms with Crippen molar-refractivity contribution in [2.75, 3.05) is 7.05 Å². The van der Waals surface area contributed by atoms with Crippen LogP contribution in [0.15, 0.2) is 12.2 Å². The van der Waals surface area contributed by atoms with Gasteiger partial charge < -0.3 is 4.90 Å². The zero-order valence-corrected chi connectivity index (χ0v) is 17.1. The van der Waals surface area contributed by atoms with Crippen molar-refractivity contribution in [3.05, 3.63) is 12.2 Å². The smallest absolute Gasteiger partial charge is 0.222 e. The van der Waals surface area contributed by atoms with Gasteiger partial charge in [-0.25, -0.2) is 0 Å². The maximum atomic E-state index is 11.5. The minimum Gasteiger partial charge on any atom is -0.343 e. The highest BCUT2D eigenvalue weighted by Crippen LogP contribution is 2.22. The summed E-state index contributed by atoms with van der Waals surface area (Å²) in [6, 6.07) is 0.532. The Bertz CT molecular complexity index is 350. The summed E-state index contributed by atoms with van der Waals surface area (Å²) in [6.45, 7) is 2.28. The van der Waals surface area contributed by atoms with Crippen LogP contribution < -0.4 is 0 Å². The third kappa shape index (κ3) is 11.4. The molecule has 0 bridgehead atoms. The first-order chi connectivity index (χ1) is 12.3. The van der Waals surface area contributed by atoms with Crippen LogP contribution in [-0.4, -0.2) is 23.9 Å². The minimum atomic E-state index is 0.342. The van der Waals surface area contributed by atoms with Crippen LogP contribution in [0.1, 0.15) is 116 Å². The summed E-state index contributed by atoms with van der Waals surface area (Å²) >= 11 is 0. The van der Waals surface area contributed by atoms with Gasteiger partial charge in [0.15, 0.2) is 0 Å². The molecule has 1 saturated heterocycles. The van der Waals surface area contributed by atoms with Gasteiger partial charge >= 0.3 is 0 Å². The van der Waals surface area contributed by atoms with Crippen LogP contribution >= 0.6 is 0 Å². The molecule has 1 aliphatic rings. The molecule has 1 heterocycles. The summed E-state index contributed by atoms with van der Waals surface area (Å²) in [4.78, 5) is 13.4. The van der Waals surface area contributed by atoms with Crippen molar-refractivity contribution in [1.82, 2.24) is 4.90 Å². The molecule has 0 aliphatic carbocycles. The highest BCUT2D eigenvalue weighted by molar-refractivity contribution is 5.78. The fourth-order valence-corrected chi connectivity index (χ4v) is 3.83. The van der Waals surface area contributed by atoms with Crippen LogP contribution in [-0.2, 0) is 4.79 Å². The number of hydrogen-bond acceptors (Lipinski definition) is 1. The molecule has 1 unspecified atom stereocenters. The second kappa shape index (κ2) is 15.5. The lowest BCUT2D eigenvalue weighted by Crippen LogP contribution is -2.28. The fraction of sp³-hybridized carbons (Fsp3) is 0.870. The molecule has 0 radical (unpaired) electrons. The molecule has 1 amide bonds. The molecule has 0 spiro atoms. The second-order valence-corrected chi connectivity index (χ2v) is 7.92. The van der Waals surface area contributed by atoms with Gasteiger partial charge in [-0.3, -0.25) is 4.79 Å². The van der Waals surface area contributed by atoms with Gasteiger partial charge in [-0.05, 0) is 38.5 Å². The lowest BCUT2D eigenvalue weighted by atomic mass is 10.0. The van der Waals surface area contributed by atoms with Gasteiger partial charge in [-0.1, -0.05) is 83.3 Å². The van der Waals surface area contributed by atoms with Crippen molar-refractivity contribution in [2.45, 2.75) is 122 Å². The third-order valence-corrected chi connectivity index (χ3v) is 5.68. The summed E-state index contributed by atoms with van der Waals surface area (Å²) in [6.07, 6.45) is 26.9. The van der Waals surface area contributed by atoms with E-state index in [-0.39, 0.29) is 0 Å². The van der Waals surface area contributed by atoms with Gasteiger partial charge in [0, 0.05) is 19.5 Å². The Morgan fingerprint density at radius 1 is 0.840 bits per heavy atom. The van der Waals surface area contributed by atoms with Crippen molar-refractivity contribution >= 4 is 5.91 Å². The van der Waals surface area contributed by atoms with Gasteiger partial charge in [0.25, 0.3) is 0 Å². The maximum absolute atomic E-state index is 11.5. The van der Waals surface area contributed by atoms with Crippen LogP contribution in [0, 0.1) is 0 Å². The van der Waals surface area contributed by atoms with E-state index < -0.39 is 0 Å². The fourth-order valence-electron chi connectivity index (χ4n) is 3.83. The van der Waals surface area contributed by atoms with E-state index in [4.69, 9.17) is 0 Å². The molecule has 1 fully saturated rings. The van der Waals surface area contributed by atoms with E-state index in [1.165, 1.54) is 96.3 Å². The zero-order valence-electron chi connectivity index (χ0n) is 17.1. The zero-order chi connectivity index (χ0) is 18.2. The van der Waals surface area contributed by atoms with E-state index in [9.17, 15) is 4.79 Å². The molecule has 0 N–H and O–H groups in total. The van der Waals surface area contributed by atoms with Crippen LogP contribution in [0.4, 0.5) is 0 Å². The lowest BCUT2D eigenvalue weighted by Gasteiger charge is -2.19. The number of unbranched alkanes of at least 4 members (excludes halogenated alkanes) is 12. The minimum absolute atomic E-state index is 0.342. The number of nitrogens with zero attached hydrogens (tertiary/aromatic N) is 1. The van der Waals surface area contributed by atoms with Crippen LogP contribution in [0.3, 0.4) is 0 Å². The van der Waals surface area contributed by atoms with Crippen LogP contribution in [0.25, 0.3) is 0 Å². The Kier molecular flexibility index (Phi) is 13.8. The normalized spacial score (nSPS) is 17.9. The average Bonchev–Trinajstić information content (AvgIpc) is 2.93. The maximum Gasteiger partial charge on any atom is 0.222 e. The average molecular weight is 350 g/mol. The van der Waals surface area contributed by atoms with Crippen molar-refractivity contribution in [1.29, 1.82) is 0 Å². The third-order valence-electron chi connectivity index (χ3n) is 5.68.